The third kappa shape index (κ3) is 1.21. The lowest BCUT2D eigenvalue weighted by atomic mass is 10.0. The van der Waals surface area contributed by atoms with Gasteiger partial charge in [-0.05, 0) is 6.92 Å². The van der Waals surface area contributed by atoms with E-state index in [0.717, 1.165) is 6.42 Å². The molecule has 68 valence electrons. The molecule has 0 aromatic rings. The number of aliphatic imine (C=N–C) groups is 1. The SMILES string of the molecule is CC1=NC2(CCOC2)C(=O)N1.Cl. The van der Waals surface area contributed by atoms with Gasteiger partial charge in [-0.15, -0.1) is 12.4 Å². The highest BCUT2D eigenvalue weighted by Crippen LogP contribution is 2.26. The molecule has 5 heteroatoms. The highest BCUT2D eigenvalue weighted by Gasteiger charge is 2.45. The molecule has 0 bridgehead atoms. The number of rotatable bonds is 0. The third-order valence-electron chi connectivity index (χ3n) is 2.10. The van der Waals surface area contributed by atoms with Crippen LogP contribution in [0.25, 0.3) is 0 Å². The number of carbonyl (C=O) groups is 1. The van der Waals surface area contributed by atoms with E-state index in [1.807, 2.05) is 0 Å². The first-order valence-corrected chi connectivity index (χ1v) is 3.69. The summed E-state index contributed by atoms with van der Waals surface area (Å²) in [4.78, 5) is 15.5. The van der Waals surface area contributed by atoms with Gasteiger partial charge in [-0.3, -0.25) is 9.79 Å². The first kappa shape index (κ1) is 9.48. The van der Waals surface area contributed by atoms with Crippen molar-refractivity contribution in [2.75, 3.05) is 13.2 Å². The van der Waals surface area contributed by atoms with Crippen molar-refractivity contribution < 1.29 is 9.53 Å². The number of nitrogens with one attached hydrogen (secondary N) is 1. The lowest BCUT2D eigenvalue weighted by Crippen LogP contribution is -2.39. The molecule has 1 fully saturated rings. The fourth-order valence-corrected chi connectivity index (χ4v) is 1.50. The predicted octanol–water partition coefficient (Wildman–Crippen LogP) is 0.116. The number of halogens is 1. The molecule has 2 rings (SSSR count). The van der Waals surface area contributed by atoms with Crippen LogP contribution >= 0.6 is 12.4 Å². The molecular weight excluding hydrogens is 180 g/mol. The molecule has 1 spiro atoms. The van der Waals surface area contributed by atoms with Gasteiger partial charge in [0.2, 0.25) is 0 Å². The number of hydrogen-bond donors (Lipinski definition) is 1. The van der Waals surface area contributed by atoms with Crippen LogP contribution in [-0.2, 0) is 9.53 Å². The first-order chi connectivity index (χ1) is 5.23. The van der Waals surface area contributed by atoms with Gasteiger partial charge in [0.15, 0.2) is 5.54 Å². The standard InChI is InChI=1S/C7H10N2O2.ClH/c1-5-8-6(10)7(9-5)2-3-11-4-7;/h2-4H2,1H3,(H,8,9,10);1H. The number of amides is 1. The molecular formula is C7H11ClN2O2. The molecule has 1 unspecified atom stereocenters. The van der Waals surface area contributed by atoms with E-state index in [-0.39, 0.29) is 18.3 Å². The quantitative estimate of drug-likeness (QED) is 0.590. The second-order valence-corrected chi connectivity index (χ2v) is 2.99. The number of amidine groups is 1. The van der Waals surface area contributed by atoms with Crippen molar-refractivity contribution >= 4 is 24.1 Å². The van der Waals surface area contributed by atoms with Crippen LogP contribution in [0.2, 0.25) is 0 Å². The van der Waals surface area contributed by atoms with Crippen molar-refractivity contribution in [3.8, 4) is 0 Å². The average Bonchev–Trinajstić information content (AvgIpc) is 2.45. The van der Waals surface area contributed by atoms with E-state index in [2.05, 4.69) is 10.3 Å². The summed E-state index contributed by atoms with van der Waals surface area (Å²) in [5.41, 5.74) is -0.565. The maximum atomic E-state index is 11.3. The monoisotopic (exact) mass is 190 g/mol. The van der Waals surface area contributed by atoms with Gasteiger partial charge in [-0.2, -0.15) is 0 Å². The Hall–Kier alpha value is -0.610. The molecule has 2 aliphatic heterocycles. The smallest absolute Gasteiger partial charge is 0.255 e. The number of carbonyl (C=O) groups excluding carboxylic acids is 1. The molecule has 1 saturated heterocycles. The lowest BCUT2D eigenvalue weighted by Gasteiger charge is -2.12. The molecule has 4 nitrogen and oxygen atoms in total. The molecule has 1 amide bonds. The normalized spacial score (nSPS) is 33.1. The fraction of sp³-hybridized carbons (Fsp3) is 0.714. The highest BCUT2D eigenvalue weighted by molar-refractivity contribution is 6.07. The maximum absolute atomic E-state index is 11.3. The van der Waals surface area contributed by atoms with Crippen LogP contribution in [0.4, 0.5) is 0 Å². The summed E-state index contributed by atoms with van der Waals surface area (Å²) in [6.07, 6.45) is 0.718. The molecule has 0 saturated carbocycles. The summed E-state index contributed by atoms with van der Waals surface area (Å²) >= 11 is 0. The molecule has 2 heterocycles. The molecule has 1 N–H and O–H groups in total. The van der Waals surface area contributed by atoms with Crippen molar-refractivity contribution in [3.05, 3.63) is 0 Å². The Bertz CT molecular complexity index is 234. The molecule has 0 aromatic heterocycles. The molecule has 2 aliphatic rings. The minimum absolute atomic E-state index is 0. The van der Waals surface area contributed by atoms with Crippen LogP contribution in [0.5, 0.6) is 0 Å². The zero-order valence-electron chi connectivity index (χ0n) is 6.79. The molecule has 0 aliphatic carbocycles. The van der Waals surface area contributed by atoms with Crippen LogP contribution in [0, 0.1) is 0 Å². The van der Waals surface area contributed by atoms with E-state index < -0.39 is 5.54 Å². The van der Waals surface area contributed by atoms with Gasteiger partial charge in [0.05, 0.1) is 6.61 Å². The second kappa shape index (κ2) is 3.03. The Labute approximate surface area is 76.8 Å². The minimum atomic E-state index is -0.565. The fourth-order valence-electron chi connectivity index (χ4n) is 1.50. The van der Waals surface area contributed by atoms with Gasteiger partial charge in [0, 0.05) is 13.0 Å². The van der Waals surface area contributed by atoms with E-state index in [9.17, 15) is 4.79 Å². The third-order valence-corrected chi connectivity index (χ3v) is 2.10. The van der Waals surface area contributed by atoms with Gasteiger partial charge < -0.3 is 10.1 Å². The topological polar surface area (TPSA) is 50.7 Å². The van der Waals surface area contributed by atoms with E-state index in [1.54, 1.807) is 6.92 Å². The summed E-state index contributed by atoms with van der Waals surface area (Å²) in [5.74, 6) is 0.702. The Balaban J connectivity index is 0.000000720. The van der Waals surface area contributed by atoms with Crippen LogP contribution in [-0.4, -0.2) is 30.5 Å². The van der Waals surface area contributed by atoms with Crippen LogP contribution in [0.15, 0.2) is 4.99 Å². The lowest BCUT2D eigenvalue weighted by molar-refractivity contribution is -0.123. The molecule has 12 heavy (non-hydrogen) atoms. The number of nitrogens with zero attached hydrogens (tertiary/aromatic N) is 1. The average molecular weight is 191 g/mol. The predicted molar refractivity (Wildman–Crippen MR) is 46.7 cm³/mol. The van der Waals surface area contributed by atoms with Crippen LogP contribution in [0.3, 0.4) is 0 Å². The van der Waals surface area contributed by atoms with E-state index >= 15 is 0 Å². The van der Waals surface area contributed by atoms with Gasteiger partial charge in [0.25, 0.3) is 5.91 Å². The summed E-state index contributed by atoms with van der Waals surface area (Å²) < 4.78 is 5.13. The maximum Gasteiger partial charge on any atom is 0.255 e. The van der Waals surface area contributed by atoms with Crippen LogP contribution in [0.1, 0.15) is 13.3 Å². The molecule has 0 radical (unpaired) electrons. The van der Waals surface area contributed by atoms with Crippen molar-refractivity contribution in [3.63, 3.8) is 0 Å². The summed E-state index contributed by atoms with van der Waals surface area (Å²) in [5, 5.41) is 2.68. The molecule has 1 atom stereocenters. The zero-order chi connectivity index (χ0) is 7.90. The Morgan fingerprint density at radius 2 is 2.42 bits per heavy atom. The van der Waals surface area contributed by atoms with E-state index in [1.165, 1.54) is 0 Å². The van der Waals surface area contributed by atoms with E-state index in [0.29, 0.717) is 19.0 Å². The second-order valence-electron chi connectivity index (χ2n) is 2.99. The zero-order valence-corrected chi connectivity index (χ0v) is 7.61. The van der Waals surface area contributed by atoms with Crippen molar-refractivity contribution in [2.45, 2.75) is 18.9 Å². The van der Waals surface area contributed by atoms with Gasteiger partial charge in [-0.25, -0.2) is 0 Å². The number of ether oxygens (including phenoxy) is 1. The van der Waals surface area contributed by atoms with Gasteiger partial charge in [0.1, 0.15) is 5.84 Å². The summed E-state index contributed by atoms with van der Waals surface area (Å²) in [6, 6.07) is 0. The van der Waals surface area contributed by atoms with Crippen LogP contribution < -0.4 is 5.32 Å². The Kier molecular flexibility index (Phi) is 2.39. The Morgan fingerprint density at radius 3 is 2.83 bits per heavy atom. The largest absolute Gasteiger partial charge is 0.378 e. The Morgan fingerprint density at radius 1 is 1.67 bits per heavy atom. The van der Waals surface area contributed by atoms with Gasteiger partial charge in [-0.1, -0.05) is 0 Å². The summed E-state index contributed by atoms with van der Waals surface area (Å²) in [7, 11) is 0. The highest BCUT2D eigenvalue weighted by atomic mass is 35.5. The molecule has 0 aromatic carbocycles. The van der Waals surface area contributed by atoms with Crippen molar-refractivity contribution in [1.29, 1.82) is 0 Å². The van der Waals surface area contributed by atoms with Gasteiger partial charge >= 0.3 is 0 Å². The minimum Gasteiger partial charge on any atom is -0.378 e. The van der Waals surface area contributed by atoms with Crippen molar-refractivity contribution in [2.24, 2.45) is 4.99 Å². The van der Waals surface area contributed by atoms with Crippen molar-refractivity contribution in [1.82, 2.24) is 5.32 Å². The van der Waals surface area contributed by atoms with E-state index in [4.69, 9.17) is 4.74 Å². The number of hydrogen-bond acceptors (Lipinski definition) is 3. The summed E-state index contributed by atoms with van der Waals surface area (Å²) in [6.45, 7) is 2.88. The first-order valence-electron chi connectivity index (χ1n) is 3.69.